The van der Waals surface area contributed by atoms with E-state index >= 15 is 0 Å². The van der Waals surface area contributed by atoms with Gasteiger partial charge in [-0.05, 0) is 88.8 Å². The fourth-order valence-corrected chi connectivity index (χ4v) is 5.15. The number of rotatable bonds is 7. The van der Waals surface area contributed by atoms with Gasteiger partial charge in [-0.1, -0.05) is 47.5 Å². The van der Waals surface area contributed by atoms with E-state index < -0.39 is 5.60 Å². The van der Waals surface area contributed by atoms with E-state index in [2.05, 4.69) is 22.2 Å². The summed E-state index contributed by atoms with van der Waals surface area (Å²) in [6.07, 6.45) is 3.91. The normalized spacial score (nSPS) is 20.8. The van der Waals surface area contributed by atoms with Gasteiger partial charge >= 0.3 is 12.1 Å². The molecule has 0 unspecified atom stereocenters. The first-order valence-electron chi connectivity index (χ1n) is 14.7. The molecule has 1 amide bonds. The molecule has 0 aromatic heterocycles. The lowest BCUT2D eigenvalue weighted by atomic mass is 10.0. The third kappa shape index (κ3) is 15.3. The Labute approximate surface area is 279 Å². The number of carbonyl (C=O) groups is 2. The average molecular weight is 676 g/mol. The highest BCUT2D eigenvalue weighted by molar-refractivity contribution is 6.30. The fraction of sp³-hybridized carbons (Fsp3) is 0.576. The van der Waals surface area contributed by atoms with Gasteiger partial charge in [0, 0.05) is 49.8 Å². The molecule has 2 heterocycles. The number of carbonyl (C=O) groups excluding carboxylic acids is 2. The minimum atomic E-state index is -0.493. The lowest BCUT2D eigenvalue weighted by Crippen LogP contribution is -2.41. The molecule has 1 N–H and O–H groups in total. The molecule has 44 heavy (non-hydrogen) atoms. The van der Waals surface area contributed by atoms with Crippen LogP contribution < -0.4 is 5.32 Å². The van der Waals surface area contributed by atoms with Crippen LogP contribution in [0.4, 0.5) is 4.79 Å². The number of hydrogen-bond acceptors (Lipinski definition) is 7. The van der Waals surface area contributed by atoms with Crippen molar-refractivity contribution in [2.24, 2.45) is 0 Å². The van der Waals surface area contributed by atoms with Crippen molar-refractivity contribution in [3.05, 3.63) is 69.7 Å². The number of ether oxygens (including phenoxy) is 4. The Morgan fingerprint density at radius 3 is 1.82 bits per heavy atom. The Balaban J connectivity index is 0.000000380. The van der Waals surface area contributed by atoms with Crippen molar-refractivity contribution in [1.29, 1.82) is 0 Å². The zero-order valence-corrected chi connectivity index (χ0v) is 29.3. The summed E-state index contributed by atoms with van der Waals surface area (Å²) in [7, 11) is 3.46. The highest BCUT2D eigenvalue weighted by Gasteiger charge is 2.37. The van der Waals surface area contributed by atoms with E-state index in [1.807, 2.05) is 57.2 Å². The second-order valence-electron chi connectivity index (χ2n) is 11.7. The molecule has 2 aliphatic rings. The van der Waals surface area contributed by atoms with Crippen molar-refractivity contribution in [2.45, 2.75) is 90.2 Å². The van der Waals surface area contributed by atoms with Gasteiger partial charge in [-0.15, -0.1) is 12.4 Å². The number of likely N-dealkylation sites (tertiary alicyclic amines) is 1. The van der Waals surface area contributed by atoms with Crippen LogP contribution in [0.2, 0.25) is 10.0 Å². The van der Waals surface area contributed by atoms with E-state index in [1.54, 1.807) is 26.0 Å². The predicted molar refractivity (Wildman–Crippen MR) is 179 cm³/mol. The van der Waals surface area contributed by atoms with Crippen LogP contribution in [0.3, 0.4) is 0 Å². The minimum absolute atomic E-state index is 0. The molecule has 248 valence electrons. The average Bonchev–Trinajstić information content (AvgIpc) is 3.58. The molecule has 0 spiro atoms. The summed E-state index contributed by atoms with van der Waals surface area (Å²) in [5, 5.41) is 4.98. The van der Waals surface area contributed by atoms with Gasteiger partial charge in [0.05, 0.1) is 25.4 Å². The van der Waals surface area contributed by atoms with E-state index in [9.17, 15) is 9.59 Å². The highest BCUT2D eigenvalue weighted by Crippen LogP contribution is 2.26. The van der Waals surface area contributed by atoms with Gasteiger partial charge in [-0.25, -0.2) is 4.79 Å². The van der Waals surface area contributed by atoms with E-state index in [1.165, 1.54) is 12.5 Å². The van der Waals surface area contributed by atoms with Gasteiger partial charge in [0.1, 0.15) is 5.60 Å². The lowest BCUT2D eigenvalue weighted by molar-refractivity contribution is -0.140. The predicted octanol–water partition coefficient (Wildman–Crippen LogP) is 7.16. The number of nitrogens with zero attached hydrogens (tertiary/aromatic N) is 1. The Morgan fingerprint density at radius 1 is 0.886 bits per heavy atom. The smallest absolute Gasteiger partial charge is 0.410 e. The Morgan fingerprint density at radius 2 is 1.41 bits per heavy atom. The maximum atomic E-state index is 12.4. The standard InChI is InChI=1S/C17H24ClNO3.C12H16ClNO.C4H8O2.ClH/c1-17(2,3)22-16(20)19-11-15(21-4)10-14(19)9-12-5-7-13(18)8-6-12;1-15-12-7-11(14-8-12)6-9-2-4-10(13)5-3-9;1-3-6-4(2)5;/h5-8,14-15H,9-11H2,1-4H3;2-5,11-12,14H,6-8H2,1H3;3H2,1-2H3;1H/t14-,15-;11-,12-;;/m00../s1. The van der Waals surface area contributed by atoms with Crippen LogP contribution in [0.1, 0.15) is 58.6 Å². The number of nitrogens with one attached hydrogen (secondary N) is 1. The van der Waals surface area contributed by atoms with Crippen molar-refractivity contribution >= 4 is 47.7 Å². The molecule has 0 saturated carbocycles. The molecule has 2 fully saturated rings. The first kappa shape index (κ1) is 40.0. The second kappa shape index (κ2) is 20.1. The Bertz CT molecular complexity index is 1110. The third-order valence-electron chi connectivity index (χ3n) is 6.98. The van der Waals surface area contributed by atoms with Crippen molar-refractivity contribution in [3.63, 3.8) is 0 Å². The zero-order chi connectivity index (χ0) is 32.0. The molecule has 2 saturated heterocycles. The molecule has 8 nitrogen and oxygen atoms in total. The minimum Gasteiger partial charge on any atom is -0.466 e. The number of hydrogen-bond donors (Lipinski definition) is 1. The molecule has 2 aliphatic heterocycles. The van der Waals surface area contributed by atoms with Crippen molar-refractivity contribution in [2.75, 3.05) is 33.9 Å². The van der Waals surface area contributed by atoms with E-state index in [0.29, 0.717) is 30.3 Å². The first-order valence-corrected chi connectivity index (χ1v) is 15.5. The second-order valence-corrected chi connectivity index (χ2v) is 12.5. The van der Waals surface area contributed by atoms with Crippen LogP contribution in [0.15, 0.2) is 48.5 Å². The molecule has 2 aromatic rings. The largest absolute Gasteiger partial charge is 0.466 e. The summed E-state index contributed by atoms with van der Waals surface area (Å²) in [5.74, 6) is -0.211. The SMILES string of the molecule is CCOC(C)=O.CO[C@@H]1CN[C@@H](Cc2ccc(Cl)cc2)C1.CO[C@H]1C[C@H](Cc2ccc(Cl)cc2)N(C(=O)OC(C)(C)C)C1.Cl. The molecular formula is C33H49Cl3N2O6. The maximum absolute atomic E-state index is 12.4. The van der Waals surface area contributed by atoms with Crippen LogP contribution in [-0.4, -0.2) is 80.8 Å². The Kier molecular flexibility index (Phi) is 18.3. The summed E-state index contributed by atoms with van der Waals surface area (Å²) in [5.41, 5.74) is 1.99. The molecular weight excluding hydrogens is 627 g/mol. The van der Waals surface area contributed by atoms with Gasteiger partial charge in [-0.3, -0.25) is 4.79 Å². The first-order chi connectivity index (χ1) is 20.3. The summed E-state index contributed by atoms with van der Waals surface area (Å²) >= 11 is 11.8. The fourth-order valence-electron chi connectivity index (χ4n) is 4.90. The van der Waals surface area contributed by atoms with Gasteiger partial charge in [0.2, 0.25) is 0 Å². The van der Waals surface area contributed by atoms with Gasteiger partial charge in [0.25, 0.3) is 0 Å². The zero-order valence-electron chi connectivity index (χ0n) is 26.9. The van der Waals surface area contributed by atoms with Gasteiger partial charge < -0.3 is 29.2 Å². The van der Waals surface area contributed by atoms with Crippen LogP contribution in [0.5, 0.6) is 0 Å². The highest BCUT2D eigenvalue weighted by atomic mass is 35.5. The van der Waals surface area contributed by atoms with E-state index in [-0.39, 0.29) is 36.6 Å². The molecule has 4 atom stereocenters. The van der Waals surface area contributed by atoms with Crippen LogP contribution in [0.25, 0.3) is 0 Å². The van der Waals surface area contributed by atoms with Crippen LogP contribution >= 0.6 is 35.6 Å². The van der Waals surface area contributed by atoms with E-state index in [4.69, 9.17) is 37.4 Å². The monoisotopic (exact) mass is 674 g/mol. The lowest BCUT2D eigenvalue weighted by Gasteiger charge is -2.28. The van der Waals surface area contributed by atoms with Crippen LogP contribution in [-0.2, 0) is 36.6 Å². The number of esters is 1. The summed E-state index contributed by atoms with van der Waals surface area (Å²) < 4.78 is 20.7. The van der Waals surface area contributed by atoms with Crippen molar-refractivity contribution in [1.82, 2.24) is 10.2 Å². The summed E-state index contributed by atoms with van der Waals surface area (Å²) in [6, 6.07) is 16.4. The van der Waals surface area contributed by atoms with Gasteiger partial charge in [0.15, 0.2) is 0 Å². The van der Waals surface area contributed by atoms with Crippen molar-refractivity contribution < 1.29 is 28.5 Å². The van der Waals surface area contributed by atoms with Gasteiger partial charge in [-0.2, -0.15) is 0 Å². The number of amides is 1. The Hall–Kier alpha value is -2.07. The third-order valence-corrected chi connectivity index (χ3v) is 7.48. The molecule has 0 aliphatic carbocycles. The topological polar surface area (TPSA) is 86.3 Å². The quantitative estimate of drug-likeness (QED) is 0.312. The molecule has 2 aromatic carbocycles. The number of methoxy groups -OCH3 is 2. The van der Waals surface area contributed by atoms with Crippen molar-refractivity contribution in [3.8, 4) is 0 Å². The summed E-state index contributed by atoms with van der Waals surface area (Å²) in [4.78, 5) is 24.0. The van der Waals surface area contributed by atoms with Crippen LogP contribution in [0, 0.1) is 0 Å². The number of halogens is 3. The molecule has 0 radical (unpaired) electrons. The summed E-state index contributed by atoms with van der Waals surface area (Å²) in [6.45, 7) is 10.8. The van der Waals surface area contributed by atoms with E-state index in [0.717, 1.165) is 42.8 Å². The molecule has 11 heteroatoms. The maximum Gasteiger partial charge on any atom is 0.410 e. The molecule has 4 rings (SSSR count). The number of benzene rings is 2. The molecule has 0 bridgehead atoms.